The van der Waals surface area contributed by atoms with Gasteiger partial charge in [-0.15, -0.1) is 0 Å². The third-order valence-corrected chi connectivity index (χ3v) is 3.20. The van der Waals surface area contributed by atoms with E-state index in [0.29, 0.717) is 5.69 Å². The molecule has 0 amide bonds. The monoisotopic (exact) mass is 287 g/mol. The van der Waals surface area contributed by atoms with Crippen LogP contribution in [0.25, 0.3) is 22.2 Å². The quantitative estimate of drug-likeness (QED) is 0.752. The van der Waals surface area contributed by atoms with Gasteiger partial charge in [-0.25, -0.2) is 9.97 Å². The van der Waals surface area contributed by atoms with Crippen LogP contribution in [-0.2, 0) is 11.3 Å². The first kappa shape index (κ1) is 12.6. The number of halogens is 1. The Morgan fingerprint density at radius 3 is 2.90 bits per heavy atom. The molecule has 0 aliphatic rings. The van der Waals surface area contributed by atoms with E-state index < -0.39 is 5.97 Å². The van der Waals surface area contributed by atoms with Gasteiger partial charge in [0.15, 0.2) is 0 Å². The van der Waals surface area contributed by atoms with Crippen molar-refractivity contribution in [2.75, 3.05) is 0 Å². The summed E-state index contributed by atoms with van der Waals surface area (Å²) in [5.74, 6) is -0.877. The van der Waals surface area contributed by atoms with Crippen LogP contribution in [0.1, 0.15) is 0 Å². The zero-order valence-electron chi connectivity index (χ0n) is 10.3. The number of rotatable bonds is 3. The molecule has 0 spiro atoms. The van der Waals surface area contributed by atoms with Crippen molar-refractivity contribution in [1.82, 2.24) is 14.5 Å². The van der Waals surface area contributed by atoms with Crippen LogP contribution < -0.4 is 0 Å². The standard InChI is InChI=1S/C14H10ClN3O2/c15-14-16-6-4-11(17-14)9-2-1-3-12-10(9)5-7-18(12)8-13(19)20/h1-7H,8H2,(H,19,20). The van der Waals surface area contributed by atoms with Gasteiger partial charge in [0.25, 0.3) is 0 Å². The third kappa shape index (κ3) is 2.23. The summed E-state index contributed by atoms with van der Waals surface area (Å²) in [5.41, 5.74) is 2.46. The molecule has 0 radical (unpaired) electrons. The first-order valence-electron chi connectivity index (χ1n) is 5.94. The van der Waals surface area contributed by atoms with Gasteiger partial charge in [0.1, 0.15) is 6.54 Å². The van der Waals surface area contributed by atoms with Crippen LogP contribution in [0.15, 0.2) is 42.7 Å². The van der Waals surface area contributed by atoms with Crippen molar-refractivity contribution in [3.63, 3.8) is 0 Å². The first-order valence-corrected chi connectivity index (χ1v) is 6.31. The number of carboxylic acids is 1. The maximum atomic E-state index is 10.9. The van der Waals surface area contributed by atoms with E-state index in [2.05, 4.69) is 9.97 Å². The van der Waals surface area contributed by atoms with Gasteiger partial charge >= 0.3 is 5.97 Å². The number of nitrogens with zero attached hydrogens (tertiary/aromatic N) is 3. The molecule has 2 aromatic heterocycles. The largest absolute Gasteiger partial charge is 0.480 e. The predicted molar refractivity (Wildman–Crippen MR) is 75.6 cm³/mol. The number of aromatic nitrogens is 3. The molecule has 0 fully saturated rings. The minimum Gasteiger partial charge on any atom is -0.480 e. The van der Waals surface area contributed by atoms with E-state index in [1.54, 1.807) is 23.0 Å². The lowest BCUT2D eigenvalue weighted by molar-refractivity contribution is -0.137. The molecule has 5 nitrogen and oxygen atoms in total. The molecule has 0 saturated carbocycles. The Bertz CT molecular complexity index is 798. The Hall–Kier alpha value is -2.40. The minimum atomic E-state index is -0.877. The molecule has 0 aliphatic carbocycles. The molecule has 3 aromatic rings. The number of aliphatic carboxylic acids is 1. The first-order chi connectivity index (χ1) is 9.65. The Morgan fingerprint density at radius 1 is 1.30 bits per heavy atom. The number of hydrogen-bond acceptors (Lipinski definition) is 3. The molecule has 0 bridgehead atoms. The third-order valence-electron chi connectivity index (χ3n) is 3.02. The molecule has 20 heavy (non-hydrogen) atoms. The maximum absolute atomic E-state index is 10.9. The van der Waals surface area contributed by atoms with E-state index in [1.165, 1.54) is 0 Å². The van der Waals surface area contributed by atoms with E-state index in [1.807, 2.05) is 24.3 Å². The summed E-state index contributed by atoms with van der Waals surface area (Å²) in [6, 6.07) is 9.32. The second-order valence-electron chi connectivity index (χ2n) is 4.29. The molecule has 2 heterocycles. The van der Waals surface area contributed by atoms with Crippen molar-refractivity contribution in [2.45, 2.75) is 6.54 Å². The summed E-state index contributed by atoms with van der Waals surface area (Å²) < 4.78 is 1.68. The molecule has 100 valence electrons. The van der Waals surface area contributed by atoms with Crippen molar-refractivity contribution in [3.05, 3.63) is 48.0 Å². The average molecular weight is 288 g/mol. The lowest BCUT2D eigenvalue weighted by Crippen LogP contribution is -2.07. The summed E-state index contributed by atoms with van der Waals surface area (Å²) in [4.78, 5) is 18.9. The smallest absolute Gasteiger partial charge is 0.323 e. The molecule has 0 atom stereocenters. The summed E-state index contributed by atoms with van der Waals surface area (Å²) in [7, 11) is 0. The number of hydrogen-bond donors (Lipinski definition) is 1. The fourth-order valence-electron chi connectivity index (χ4n) is 2.22. The lowest BCUT2D eigenvalue weighted by atomic mass is 10.1. The van der Waals surface area contributed by atoms with Crippen LogP contribution >= 0.6 is 11.6 Å². The fourth-order valence-corrected chi connectivity index (χ4v) is 2.36. The summed E-state index contributed by atoms with van der Waals surface area (Å²) in [6.45, 7) is -0.0719. The van der Waals surface area contributed by atoms with Crippen LogP contribution in [0.2, 0.25) is 5.28 Å². The van der Waals surface area contributed by atoms with Crippen molar-refractivity contribution in [1.29, 1.82) is 0 Å². The van der Waals surface area contributed by atoms with Gasteiger partial charge in [0.05, 0.1) is 5.69 Å². The summed E-state index contributed by atoms with van der Waals surface area (Å²) in [6.07, 6.45) is 3.35. The van der Waals surface area contributed by atoms with Crippen molar-refractivity contribution >= 4 is 28.5 Å². The van der Waals surface area contributed by atoms with Gasteiger partial charge in [-0.2, -0.15) is 0 Å². The van der Waals surface area contributed by atoms with E-state index >= 15 is 0 Å². The van der Waals surface area contributed by atoms with Crippen LogP contribution in [0.4, 0.5) is 0 Å². The SMILES string of the molecule is O=C(O)Cn1ccc2c(-c3ccnc(Cl)n3)cccc21. The van der Waals surface area contributed by atoms with Gasteiger partial charge in [-0.1, -0.05) is 12.1 Å². The maximum Gasteiger partial charge on any atom is 0.323 e. The molecule has 0 saturated heterocycles. The van der Waals surface area contributed by atoms with E-state index in [4.69, 9.17) is 16.7 Å². The van der Waals surface area contributed by atoms with E-state index in [0.717, 1.165) is 16.5 Å². The zero-order chi connectivity index (χ0) is 14.1. The van der Waals surface area contributed by atoms with Crippen molar-refractivity contribution < 1.29 is 9.90 Å². The Morgan fingerprint density at radius 2 is 2.15 bits per heavy atom. The van der Waals surface area contributed by atoms with Crippen LogP contribution in [0.5, 0.6) is 0 Å². The Kier molecular flexibility index (Phi) is 3.12. The molecule has 1 aromatic carbocycles. The highest BCUT2D eigenvalue weighted by Crippen LogP contribution is 2.28. The average Bonchev–Trinajstić information content (AvgIpc) is 2.81. The number of carbonyl (C=O) groups is 1. The molecular weight excluding hydrogens is 278 g/mol. The van der Waals surface area contributed by atoms with Crippen molar-refractivity contribution in [2.24, 2.45) is 0 Å². The summed E-state index contributed by atoms with van der Waals surface area (Å²) >= 11 is 5.81. The second kappa shape index (κ2) is 4.94. The van der Waals surface area contributed by atoms with Gasteiger partial charge in [0, 0.05) is 28.9 Å². The molecular formula is C14H10ClN3O2. The highest BCUT2D eigenvalue weighted by Gasteiger charge is 2.10. The molecule has 6 heteroatoms. The van der Waals surface area contributed by atoms with Gasteiger partial charge < -0.3 is 9.67 Å². The zero-order valence-corrected chi connectivity index (χ0v) is 11.1. The summed E-state index contributed by atoms with van der Waals surface area (Å²) in [5, 5.41) is 10.0. The van der Waals surface area contributed by atoms with Gasteiger partial charge in [-0.3, -0.25) is 4.79 Å². The Labute approximate surface area is 119 Å². The molecule has 3 rings (SSSR count). The topological polar surface area (TPSA) is 68.0 Å². The number of benzene rings is 1. The highest BCUT2D eigenvalue weighted by atomic mass is 35.5. The van der Waals surface area contributed by atoms with Crippen molar-refractivity contribution in [3.8, 4) is 11.3 Å². The number of fused-ring (bicyclic) bond motifs is 1. The normalized spacial score (nSPS) is 10.8. The van der Waals surface area contributed by atoms with Crippen LogP contribution in [-0.4, -0.2) is 25.6 Å². The lowest BCUT2D eigenvalue weighted by Gasteiger charge is -2.05. The molecule has 1 N–H and O–H groups in total. The highest BCUT2D eigenvalue weighted by molar-refractivity contribution is 6.28. The van der Waals surface area contributed by atoms with E-state index in [-0.39, 0.29) is 11.8 Å². The molecule has 0 unspecified atom stereocenters. The predicted octanol–water partition coefficient (Wildman–Crippen LogP) is 2.84. The van der Waals surface area contributed by atoms with Crippen LogP contribution in [0, 0.1) is 0 Å². The fraction of sp³-hybridized carbons (Fsp3) is 0.0714. The second-order valence-corrected chi connectivity index (χ2v) is 4.62. The minimum absolute atomic E-state index is 0.0719. The van der Waals surface area contributed by atoms with Gasteiger partial charge in [0.2, 0.25) is 5.28 Å². The van der Waals surface area contributed by atoms with Crippen LogP contribution in [0.3, 0.4) is 0 Å². The van der Waals surface area contributed by atoms with E-state index in [9.17, 15) is 4.79 Å². The molecule has 0 aliphatic heterocycles. The van der Waals surface area contributed by atoms with Gasteiger partial charge in [-0.05, 0) is 29.8 Å². The Balaban J connectivity index is 2.18. The number of carboxylic acid groups (broad SMARTS) is 1.